The van der Waals surface area contributed by atoms with Crippen LogP contribution >= 0.6 is 0 Å². The van der Waals surface area contributed by atoms with Gasteiger partial charge in [-0.2, -0.15) is 0 Å². The van der Waals surface area contributed by atoms with Gasteiger partial charge in [0, 0.05) is 13.5 Å². The van der Waals surface area contributed by atoms with Crippen LogP contribution in [0, 0.1) is 0 Å². The number of carbonyl (C=O) groups excluding carboxylic acids is 1. The Bertz CT molecular complexity index is 195. The Kier molecular flexibility index (Phi) is 12.3. The fraction of sp³-hybridized carbons (Fsp3) is 0.923. The van der Waals surface area contributed by atoms with Gasteiger partial charge in [0.15, 0.2) is 0 Å². The summed E-state index contributed by atoms with van der Waals surface area (Å²) in [5.41, 5.74) is 0. The summed E-state index contributed by atoms with van der Waals surface area (Å²) in [6, 6.07) is 0. The van der Waals surface area contributed by atoms with Gasteiger partial charge in [-0.3, -0.25) is 4.79 Å². The molecule has 0 bridgehead atoms. The first kappa shape index (κ1) is 17.4. The largest absolute Gasteiger partial charge is 0.377 e. The van der Waals surface area contributed by atoms with Gasteiger partial charge >= 0.3 is 0 Å². The summed E-state index contributed by atoms with van der Waals surface area (Å²) in [4.78, 5) is 10.6. The van der Waals surface area contributed by atoms with Crippen LogP contribution < -0.4 is 5.32 Å². The lowest BCUT2D eigenvalue weighted by atomic mass is 10.2. The van der Waals surface area contributed by atoms with Crippen LogP contribution in [-0.2, 0) is 19.0 Å². The Labute approximate surface area is 110 Å². The normalized spacial score (nSPS) is 10.9. The molecule has 0 heterocycles. The van der Waals surface area contributed by atoms with Crippen LogP contribution in [0.4, 0.5) is 0 Å². The second-order valence-electron chi connectivity index (χ2n) is 4.02. The zero-order valence-electron chi connectivity index (χ0n) is 11.9. The summed E-state index contributed by atoms with van der Waals surface area (Å²) in [5.74, 6) is -0.0339. The molecule has 1 amide bonds. The van der Waals surface area contributed by atoms with Crippen molar-refractivity contribution in [3.63, 3.8) is 0 Å². The van der Waals surface area contributed by atoms with Crippen molar-refractivity contribution < 1.29 is 19.0 Å². The molecule has 5 nitrogen and oxygen atoms in total. The Morgan fingerprint density at radius 3 is 2.11 bits per heavy atom. The van der Waals surface area contributed by atoms with E-state index in [9.17, 15) is 4.79 Å². The van der Waals surface area contributed by atoms with Crippen LogP contribution in [0.2, 0.25) is 0 Å². The Balaban J connectivity index is 3.09. The number of carbonyl (C=O) groups is 1. The summed E-state index contributed by atoms with van der Waals surface area (Å²) >= 11 is 0. The van der Waals surface area contributed by atoms with Crippen molar-refractivity contribution >= 4 is 5.91 Å². The lowest BCUT2D eigenvalue weighted by Gasteiger charge is -2.13. The molecule has 18 heavy (non-hydrogen) atoms. The van der Waals surface area contributed by atoms with Crippen molar-refractivity contribution in [1.82, 2.24) is 5.32 Å². The van der Waals surface area contributed by atoms with E-state index in [0.717, 1.165) is 12.8 Å². The highest BCUT2D eigenvalue weighted by Crippen LogP contribution is 2.01. The molecular formula is C13H27NO4. The lowest BCUT2D eigenvalue weighted by molar-refractivity contribution is -0.119. The molecule has 5 heteroatoms. The van der Waals surface area contributed by atoms with Gasteiger partial charge in [-0.15, -0.1) is 0 Å². The monoisotopic (exact) mass is 261 g/mol. The van der Waals surface area contributed by atoms with E-state index in [-0.39, 0.29) is 5.91 Å². The maximum Gasteiger partial charge on any atom is 0.216 e. The summed E-state index contributed by atoms with van der Waals surface area (Å²) in [5, 5.41) is 2.66. The molecule has 0 rings (SSSR count). The van der Waals surface area contributed by atoms with Crippen molar-refractivity contribution in [2.45, 2.75) is 39.7 Å². The Hall–Kier alpha value is -0.650. The minimum Gasteiger partial charge on any atom is -0.377 e. The van der Waals surface area contributed by atoms with Crippen LogP contribution in [0.1, 0.15) is 33.6 Å². The Morgan fingerprint density at radius 1 is 1.00 bits per heavy atom. The number of hydrogen-bond donors (Lipinski definition) is 1. The molecule has 0 atom stereocenters. The van der Waals surface area contributed by atoms with Gasteiger partial charge in [-0.05, 0) is 12.8 Å². The molecular weight excluding hydrogens is 234 g/mol. The maximum atomic E-state index is 10.6. The molecule has 0 unspecified atom stereocenters. The van der Waals surface area contributed by atoms with Gasteiger partial charge < -0.3 is 19.5 Å². The van der Waals surface area contributed by atoms with Gasteiger partial charge in [-0.1, -0.05) is 13.8 Å². The smallest absolute Gasteiger partial charge is 0.216 e. The van der Waals surface area contributed by atoms with E-state index >= 15 is 0 Å². The van der Waals surface area contributed by atoms with Crippen LogP contribution in [-0.4, -0.2) is 51.6 Å². The molecule has 0 saturated carbocycles. The molecule has 1 N–H and O–H groups in total. The first-order valence-electron chi connectivity index (χ1n) is 6.72. The van der Waals surface area contributed by atoms with Crippen molar-refractivity contribution in [2.75, 3.05) is 39.6 Å². The highest BCUT2D eigenvalue weighted by molar-refractivity contribution is 5.72. The third-order valence-electron chi connectivity index (χ3n) is 2.48. The third-order valence-corrected chi connectivity index (χ3v) is 2.48. The predicted octanol–water partition coefficient (Wildman–Crippen LogP) is 1.36. The fourth-order valence-electron chi connectivity index (χ4n) is 1.42. The van der Waals surface area contributed by atoms with Crippen LogP contribution in [0.3, 0.4) is 0 Å². The fourth-order valence-corrected chi connectivity index (χ4v) is 1.42. The molecule has 0 radical (unpaired) electrons. The number of hydrogen-bond acceptors (Lipinski definition) is 4. The minimum atomic E-state index is -0.0339. The number of ether oxygens (including phenoxy) is 3. The van der Waals surface area contributed by atoms with Crippen LogP contribution in [0.25, 0.3) is 0 Å². The number of amides is 1. The first-order chi connectivity index (χ1) is 8.70. The van der Waals surface area contributed by atoms with Gasteiger partial charge in [0.25, 0.3) is 0 Å². The molecule has 108 valence electrons. The van der Waals surface area contributed by atoms with Gasteiger partial charge in [0.2, 0.25) is 5.91 Å². The summed E-state index contributed by atoms with van der Waals surface area (Å²) < 4.78 is 16.2. The van der Waals surface area contributed by atoms with E-state index < -0.39 is 0 Å². The second kappa shape index (κ2) is 12.8. The van der Waals surface area contributed by atoms with Crippen molar-refractivity contribution in [2.24, 2.45) is 0 Å². The van der Waals surface area contributed by atoms with Crippen molar-refractivity contribution in [3.8, 4) is 0 Å². The number of nitrogens with one attached hydrogen (secondary N) is 1. The van der Waals surface area contributed by atoms with E-state index in [1.54, 1.807) is 0 Å². The second-order valence-corrected chi connectivity index (χ2v) is 4.02. The summed E-state index contributed by atoms with van der Waals surface area (Å²) in [6.45, 7) is 9.15. The van der Waals surface area contributed by atoms with Crippen molar-refractivity contribution in [1.29, 1.82) is 0 Å². The quantitative estimate of drug-likeness (QED) is 0.539. The molecule has 0 spiro atoms. The highest BCUT2D eigenvalue weighted by Gasteiger charge is 2.01. The molecule has 0 aromatic heterocycles. The molecule has 0 aliphatic carbocycles. The third kappa shape index (κ3) is 11.8. The lowest BCUT2D eigenvalue weighted by Crippen LogP contribution is -2.25. The van der Waals surface area contributed by atoms with Gasteiger partial charge in [0.05, 0.1) is 39.1 Å². The van der Waals surface area contributed by atoms with E-state index in [0.29, 0.717) is 45.7 Å². The average Bonchev–Trinajstić information content (AvgIpc) is 2.36. The van der Waals surface area contributed by atoms with E-state index in [4.69, 9.17) is 14.2 Å². The average molecular weight is 261 g/mol. The molecule has 0 aliphatic rings. The molecule has 0 fully saturated rings. The van der Waals surface area contributed by atoms with E-state index in [2.05, 4.69) is 19.2 Å². The van der Waals surface area contributed by atoms with E-state index in [1.807, 2.05) is 0 Å². The van der Waals surface area contributed by atoms with Gasteiger partial charge in [-0.25, -0.2) is 0 Å². The minimum absolute atomic E-state index is 0.0339. The molecule has 0 aromatic rings. The number of rotatable bonds is 12. The van der Waals surface area contributed by atoms with E-state index in [1.165, 1.54) is 6.92 Å². The summed E-state index contributed by atoms with van der Waals surface area (Å²) in [7, 11) is 0. The molecule has 0 aromatic carbocycles. The summed E-state index contributed by atoms with van der Waals surface area (Å²) in [6.07, 6.45) is 2.44. The zero-order chi connectivity index (χ0) is 13.6. The van der Waals surface area contributed by atoms with Gasteiger partial charge in [0.1, 0.15) is 0 Å². The molecule has 0 saturated heterocycles. The standard InChI is InChI=1S/C13H27NO4/c1-4-13(5-2)18-11-10-17-9-8-16-7-6-14-12(3)15/h13H,4-11H2,1-3H3,(H,14,15). The predicted molar refractivity (Wildman–Crippen MR) is 70.6 cm³/mol. The zero-order valence-corrected chi connectivity index (χ0v) is 11.9. The SMILES string of the molecule is CCC(CC)OCCOCCOCCNC(C)=O. The van der Waals surface area contributed by atoms with Crippen molar-refractivity contribution in [3.05, 3.63) is 0 Å². The van der Waals surface area contributed by atoms with Crippen LogP contribution in [0.15, 0.2) is 0 Å². The van der Waals surface area contributed by atoms with Crippen LogP contribution in [0.5, 0.6) is 0 Å². The Morgan fingerprint density at radius 2 is 1.56 bits per heavy atom. The highest BCUT2D eigenvalue weighted by atomic mass is 16.5. The molecule has 0 aliphatic heterocycles. The topological polar surface area (TPSA) is 56.8 Å². The first-order valence-corrected chi connectivity index (χ1v) is 6.72. The maximum absolute atomic E-state index is 10.6.